The van der Waals surface area contributed by atoms with E-state index in [2.05, 4.69) is 24.7 Å². The molecule has 0 radical (unpaired) electrons. The third-order valence-corrected chi connectivity index (χ3v) is 6.08. The normalized spacial score (nSPS) is 14.3. The van der Waals surface area contributed by atoms with Crippen LogP contribution in [0.5, 0.6) is 0 Å². The van der Waals surface area contributed by atoms with Crippen LogP contribution in [-0.4, -0.2) is 71.4 Å². The Balaban J connectivity index is 0.00000204. The summed E-state index contributed by atoms with van der Waals surface area (Å²) in [5, 5.41) is 8.37. The van der Waals surface area contributed by atoms with Gasteiger partial charge in [0.2, 0.25) is 5.91 Å². The van der Waals surface area contributed by atoms with E-state index in [1.807, 2.05) is 18.2 Å². The van der Waals surface area contributed by atoms with E-state index < -0.39 is 20.3 Å². The zero-order chi connectivity index (χ0) is 22.7. The summed E-state index contributed by atoms with van der Waals surface area (Å²) in [6.45, 7) is 0.227. The summed E-state index contributed by atoms with van der Waals surface area (Å²) < 4.78 is 15.2. The topological polar surface area (TPSA) is 205 Å². The first-order valence-electron chi connectivity index (χ1n) is 9.90. The summed E-state index contributed by atoms with van der Waals surface area (Å²) in [6, 6.07) is 9.23. The van der Waals surface area contributed by atoms with Crippen molar-refractivity contribution in [3.05, 3.63) is 53.6 Å². The van der Waals surface area contributed by atoms with E-state index in [1.165, 1.54) is 6.33 Å². The van der Waals surface area contributed by atoms with Crippen molar-refractivity contribution >= 4 is 25.3 Å². The molecule has 14 heteroatoms. The molecule has 3 aromatic rings. The summed E-state index contributed by atoms with van der Waals surface area (Å²) in [6.07, 6.45) is 4.47. The van der Waals surface area contributed by atoms with Gasteiger partial charge in [-0.1, -0.05) is 23.7 Å². The number of phosphoric ester groups is 1. The Hall–Kier alpha value is -2.70. The molecule has 0 bridgehead atoms. The number of nitrogens with zero attached hydrogens (tertiary/aromatic N) is 4. The molecule has 0 unspecified atom stereocenters. The average Bonchev–Trinajstić information content (AvgIpc) is 3.23. The first kappa shape index (κ1) is 27.5. The molecule has 4 rings (SSSR count). The number of amides is 1. The van der Waals surface area contributed by atoms with E-state index in [-0.39, 0.29) is 16.9 Å². The minimum atomic E-state index is -4.68. The van der Waals surface area contributed by atoms with Gasteiger partial charge >= 0.3 is 7.82 Å². The minimum absolute atomic E-state index is 0. The van der Waals surface area contributed by atoms with Gasteiger partial charge in [-0.05, 0) is 31.0 Å². The highest BCUT2D eigenvalue weighted by Gasteiger charge is 2.30. The molecule has 1 amide bonds. The van der Waals surface area contributed by atoms with Crippen LogP contribution in [-0.2, 0) is 13.9 Å². The van der Waals surface area contributed by atoms with Gasteiger partial charge in [-0.25, -0.2) is 14.5 Å². The van der Waals surface area contributed by atoms with Gasteiger partial charge in [-0.2, -0.15) is 5.10 Å². The van der Waals surface area contributed by atoms with Gasteiger partial charge in [0.1, 0.15) is 18.6 Å². The quantitative estimate of drug-likeness (QED) is 0.409. The molecule has 1 aliphatic heterocycles. The monoisotopic (exact) mass is 513 g/mol. The molecule has 34 heavy (non-hydrogen) atoms. The second kappa shape index (κ2) is 11.6. The SMILES string of the molecule is O.O.O=C(COP(=O)(O)O)N1CCC(c2[nH]nc(-c3ccc(Cl)cc3)c2-c2ccncn2)CC1. The average molecular weight is 514 g/mol. The molecular formula is C20H25ClN5O7P. The van der Waals surface area contributed by atoms with Gasteiger partial charge in [0, 0.05) is 47.0 Å². The van der Waals surface area contributed by atoms with Crippen LogP contribution < -0.4 is 0 Å². The third kappa shape index (κ3) is 6.45. The number of phosphoric acid groups is 1. The summed E-state index contributed by atoms with van der Waals surface area (Å²) in [7, 11) is -4.68. The molecule has 184 valence electrons. The maximum absolute atomic E-state index is 12.2. The molecule has 0 atom stereocenters. The zero-order valence-corrected chi connectivity index (χ0v) is 19.5. The van der Waals surface area contributed by atoms with Crippen molar-refractivity contribution in [1.29, 1.82) is 0 Å². The number of likely N-dealkylation sites (tertiary alicyclic amines) is 1. The van der Waals surface area contributed by atoms with Crippen LogP contribution in [0.25, 0.3) is 22.5 Å². The van der Waals surface area contributed by atoms with Gasteiger partial charge in [0.15, 0.2) is 0 Å². The van der Waals surface area contributed by atoms with Crippen LogP contribution in [0.15, 0.2) is 42.9 Å². The number of halogens is 1. The van der Waals surface area contributed by atoms with Gasteiger partial charge in [-0.15, -0.1) is 0 Å². The number of aromatic nitrogens is 4. The Labute approximate surface area is 199 Å². The van der Waals surface area contributed by atoms with Gasteiger partial charge in [0.05, 0.1) is 5.69 Å². The largest absolute Gasteiger partial charge is 0.470 e. The number of hydrogen-bond donors (Lipinski definition) is 3. The summed E-state index contributed by atoms with van der Waals surface area (Å²) >= 11 is 6.04. The fourth-order valence-corrected chi connectivity index (χ4v) is 4.22. The van der Waals surface area contributed by atoms with Crippen molar-refractivity contribution in [2.75, 3.05) is 19.7 Å². The molecule has 2 aromatic heterocycles. The molecule has 0 spiro atoms. The first-order valence-corrected chi connectivity index (χ1v) is 11.8. The standard InChI is InChI=1S/C20H21ClN5O5P.2H2O/c21-15-3-1-13(2-4-15)19-18(16-5-8-22-12-23-16)20(25-24-19)14-6-9-26(10-7-14)17(27)11-31-32(28,29)30;;/h1-5,8,12,14H,6-7,9-11H2,(H,24,25)(H2,28,29,30);2*1H2. The molecule has 7 N–H and O–H groups in total. The molecule has 1 fully saturated rings. The zero-order valence-electron chi connectivity index (χ0n) is 17.9. The van der Waals surface area contributed by atoms with E-state index in [9.17, 15) is 9.36 Å². The predicted molar refractivity (Wildman–Crippen MR) is 124 cm³/mol. The third-order valence-electron chi connectivity index (χ3n) is 5.36. The van der Waals surface area contributed by atoms with E-state index in [4.69, 9.17) is 21.4 Å². The van der Waals surface area contributed by atoms with E-state index >= 15 is 0 Å². The number of nitrogens with one attached hydrogen (secondary N) is 1. The van der Waals surface area contributed by atoms with Crippen molar-refractivity contribution in [2.24, 2.45) is 0 Å². The molecule has 0 saturated carbocycles. The number of hydrogen-bond acceptors (Lipinski definition) is 6. The molecule has 1 aliphatic rings. The maximum atomic E-state index is 12.2. The van der Waals surface area contributed by atoms with Crippen LogP contribution in [0.3, 0.4) is 0 Å². The summed E-state index contributed by atoms with van der Waals surface area (Å²) in [5.74, 6) is -0.352. The lowest BCUT2D eigenvalue weighted by molar-refractivity contribution is -0.134. The highest BCUT2D eigenvalue weighted by molar-refractivity contribution is 7.46. The highest BCUT2D eigenvalue weighted by atomic mass is 35.5. The Morgan fingerprint density at radius 1 is 1.18 bits per heavy atom. The summed E-state index contributed by atoms with van der Waals surface area (Å²) in [4.78, 5) is 39.8. The lowest BCUT2D eigenvalue weighted by atomic mass is 9.89. The van der Waals surface area contributed by atoms with E-state index in [0.29, 0.717) is 31.0 Å². The second-order valence-corrected chi connectivity index (χ2v) is 9.06. The lowest BCUT2D eigenvalue weighted by Crippen LogP contribution is -2.39. The number of aromatic amines is 1. The fraction of sp³-hybridized carbons (Fsp3) is 0.300. The number of carbonyl (C=O) groups is 1. The molecular weight excluding hydrogens is 489 g/mol. The van der Waals surface area contributed by atoms with Crippen LogP contribution in [0.4, 0.5) is 0 Å². The second-order valence-electron chi connectivity index (χ2n) is 7.38. The minimum Gasteiger partial charge on any atom is -0.412 e. The first-order chi connectivity index (χ1) is 15.3. The van der Waals surface area contributed by atoms with Crippen molar-refractivity contribution in [1.82, 2.24) is 25.1 Å². The molecule has 12 nitrogen and oxygen atoms in total. The van der Waals surface area contributed by atoms with E-state index in [0.717, 1.165) is 28.2 Å². The fourth-order valence-electron chi connectivity index (χ4n) is 3.81. The smallest absolute Gasteiger partial charge is 0.412 e. The van der Waals surface area contributed by atoms with Gasteiger partial charge < -0.3 is 25.6 Å². The Morgan fingerprint density at radius 2 is 1.85 bits per heavy atom. The maximum Gasteiger partial charge on any atom is 0.470 e. The van der Waals surface area contributed by atoms with Crippen LogP contribution >= 0.6 is 19.4 Å². The number of rotatable bonds is 6. The Bertz CT molecular complexity index is 1130. The highest BCUT2D eigenvalue weighted by Crippen LogP contribution is 2.39. The number of carbonyl (C=O) groups excluding carboxylic acids is 1. The van der Waals surface area contributed by atoms with Crippen LogP contribution in [0.2, 0.25) is 5.02 Å². The molecule has 1 aromatic carbocycles. The van der Waals surface area contributed by atoms with Crippen LogP contribution in [0.1, 0.15) is 24.5 Å². The Morgan fingerprint density at radius 3 is 2.44 bits per heavy atom. The van der Waals surface area contributed by atoms with Crippen LogP contribution in [0, 0.1) is 0 Å². The van der Waals surface area contributed by atoms with Crippen molar-refractivity contribution < 1.29 is 34.6 Å². The summed E-state index contributed by atoms with van der Waals surface area (Å²) in [5.41, 5.74) is 4.19. The van der Waals surface area contributed by atoms with Gasteiger partial charge in [-0.3, -0.25) is 14.4 Å². The van der Waals surface area contributed by atoms with E-state index in [1.54, 1.807) is 23.2 Å². The lowest BCUT2D eigenvalue weighted by Gasteiger charge is -2.32. The number of benzene rings is 1. The molecule has 1 saturated heterocycles. The molecule has 3 heterocycles. The van der Waals surface area contributed by atoms with Gasteiger partial charge in [0.25, 0.3) is 0 Å². The van der Waals surface area contributed by atoms with Crippen molar-refractivity contribution in [2.45, 2.75) is 18.8 Å². The number of piperidine rings is 1. The van der Waals surface area contributed by atoms with Crippen molar-refractivity contribution in [3.8, 4) is 22.5 Å². The number of H-pyrrole nitrogens is 1. The predicted octanol–water partition coefficient (Wildman–Crippen LogP) is 1.35. The van der Waals surface area contributed by atoms with Crippen molar-refractivity contribution in [3.63, 3.8) is 0 Å². The molecule has 0 aliphatic carbocycles. The Kier molecular flexibility index (Phi) is 9.42.